The molecule has 0 bridgehead atoms. The van der Waals surface area contributed by atoms with Gasteiger partial charge in [-0.2, -0.15) is 0 Å². The van der Waals surface area contributed by atoms with Crippen molar-refractivity contribution in [2.24, 2.45) is 0 Å². The van der Waals surface area contributed by atoms with Gasteiger partial charge >= 0.3 is 0 Å². The van der Waals surface area contributed by atoms with Crippen LogP contribution in [0.5, 0.6) is 5.75 Å². The van der Waals surface area contributed by atoms with E-state index in [1.165, 1.54) is 6.39 Å². The van der Waals surface area contributed by atoms with Crippen molar-refractivity contribution in [1.82, 2.24) is 10.2 Å². The van der Waals surface area contributed by atoms with Gasteiger partial charge in [-0.15, -0.1) is 10.2 Å². The summed E-state index contributed by atoms with van der Waals surface area (Å²) >= 11 is 0. The Balaban J connectivity index is 2.11. The summed E-state index contributed by atoms with van der Waals surface area (Å²) in [6.45, 7) is 2.81. The van der Waals surface area contributed by atoms with Crippen LogP contribution in [0.4, 0.5) is 0 Å². The number of hydrogen-bond acceptors (Lipinski definition) is 4. The second kappa shape index (κ2) is 4.59. The summed E-state index contributed by atoms with van der Waals surface area (Å²) in [5.41, 5.74) is 0.899. The fourth-order valence-electron chi connectivity index (χ4n) is 1.21. The highest BCUT2D eigenvalue weighted by molar-refractivity contribution is 5.53. The van der Waals surface area contributed by atoms with Crippen LogP contribution < -0.4 is 4.74 Å². The lowest BCUT2D eigenvalue weighted by Gasteiger charge is -2.03. The highest BCUT2D eigenvalue weighted by atomic mass is 16.5. The molecule has 1 aromatic heterocycles. The molecule has 1 aromatic carbocycles. The van der Waals surface area contributed by atoms with Crippen LogP contribution in [0.15, 0.2) is 35.1 Å². The maximum atomic E-state index is 5.46. The Morgan fingerprint density at radius 1 is 1.27 bits per heavy atom. The Labute approximate surface area is 87.9 Å². The summed E-state index contributed by atoms with van der Waals surface area (Å²) in [6, 6.07) is 7.60. The smallest absolute Gasteiger partial charge is 0.247 e. The number of aromatic nitrogens is 2. The van der Waals surface area contributed by atoms with Gasteiger partial charge in [0.15, 0.2) is 0 Å². The second-order valence-corrected chi connectivity index (χ2v) is 3.12. The van der Waals surface area contributed by atoms with Crippen LogP contribution in [0.3, 0.4) is 0 Å². The Bertz CT molecular complexity index is 395. The first kappa shape index (κ1) is 9.71. The van der Waals surface area contributed by atoms with Gasteiger partial charge in [0.2, 0.25) is 12.3 Å². The van der Waals surface area contributed by atoms with E-state index in [0.29, 0.717) is 5.89 Å². The van der Waals surface area contributed by atoms with Crippen LogP contribution in [0.1, 0.15) is 13.3 Å². The average Bonchev–Trinajstić information content (AvgIpc) is 2.80. The van der Waals surface area contributed by atoms with Crippen molar-refractivity contribution in [3.05, 3.63) is 30.7 Å². The van der Waals surface area contributed by atoms with Crippen LogP contribution >= 0.6 is 0 Å². The molecule has 0 aliphatic heterocycles. The molecule has 0 aliphatic rings. The van der Waals surface area contributed by atoms with Gasteiger partial charge in [0.1, 0.15) is 5.75 Å². The standard InChI is InChI=1S/C11H12N2O2/c1-2-7-14-10-5-3-9(4-6-10)11-13-12-8-15-11/h3-6,8H,2,7H2,1H3. The molecule has 4 heteroatoms. The molecule has 1 heterocycles. The zero-order valence-electron chi connectivity index (χ0n) is 8.51. The molecule has 0 radical (unpaired) electrons. The largest absolute Gasteiger partial charge is 0.494 e. The van der Waals surface area contributed by atoms with Crippen molar-refractivity contribution < 1.29 is 9.15 Å². The van der Waals surface area contributed by atoms with E-state index in [1.807, 2.05) is 24.3 Å². The van der Waals surface area contributed by atoms with Crippen LogP contribution in [-0.4, -0.2) is 16.8 Å². The molecule has 0 fully saturated rings. The molecule has 15 heavy (non-hydrogen) atoms. The van der Waals surface area contributed by atoms with E-state index < -0.39 is 0 Å². The SMILES string of the molecule is CCCOc1ccc(-c2nnco2)cc1. The Morgan fingerprint density at radius 3 is 2.67 bits per heavy atom. The number of rotatable bonds is 4. The van der Waals surface area contributed by atoms with Gasteiger partial charge < -0.3 is 9.15 Å². The summed E-state index contributed by atoms with van der Waals surface area (Å²) in [6.07, 6.45) is 2.32. The molecule has 0 spiro atoms. The van der Waals surface area contributed by atoms with E-state index in [-0.39, 0.29) is 0 Å². The number of nitrogens with zero attached hydrogens (tertiary/aromatic N) is 2. The van der Waals surface area contributed by atoms with Gasteiger partial charge in [-0.3, -0.25) is 0 Å². The molecular formula is C11H12N2O2. The number of ether oxygens (including phenoxy) is 1. The van der Waals surface area contributed by atoms with E-state index >= 15 is 0 Å². The average molecular weight is 204 g/mol. The zero-order valence-corrected chi connectivity index (χ0v) is 8.51. The third-order valence-electron chi connectivity index (χ3n) is 1.93. The maximum Gasteiger partial charge on any atom is 0.247 e. The maximum absolute atomic E-state index is 5.46. The molecule has 4 nitrogen and oxygen atoms in total. The molecule has 0 aliphatic carbocycles. The topological polar surface area (TPSA) is 48.2 Å². The third-order valence-corrected chi connectivity index (χ3v) is 1.93. The van der Waals surface area contributed by atoms with E-state index in [1.54, 1.807) is 0 Å². The number of hydrogen-bond donors (Lipinski definition) is 0. The van der Waals surface area contributed by atoms with Crippen molar-refractivity contribution in [2.75, 3.05) is 6.61 Å². The van der Waals surface area contributed by atoms with Gasteiger partial charge in [0.25, 0.3) is 0 Å². The highest BCUT2D eigenvalue weighted by Gasteiger charge is 2.02. The molecule has 2 rings (SSSR count). The minimum absolute atomic E-state index is 0.525. The Morgan fingerprint density at radius 2 is 2.07 bits per heavy atom. The van der Waals surface area contributed by atoms with Gasteiger partial charge in [-0.1, -0.05) is 6.92 Å². The Hall–Kier alpha value is -1.84. The predicted molar refractivity (Wildman–Crippen MR) is 55.5 cm³/mol. The van der Waals surface area contributed by atoms with Crippen molar-refractivity contribution in [2.45, 2.75) is 13.3 Å². The van der Waals surface area contributed by atoms with Gasteiger partial charge in [-0.25, -0.2) is 0 Å². The first-order valence-corrected chi connectivity index (χ1v) is 4.89. The molecule has 0 atom stereocenters. The first-order valence-electron chi connectivity index (χ1n) is 4.89. The van der Waals surface area contributed by atoms with Crippen molar-refractivity contribution in [3.63, 3.8) is 0 Å². The summed E-state index contributed by atoms with van der Waals surface area (Å²) < 4.78 is 10.5. The van der Waals surface area contributed by atoms with Crippen LogP contribution in [0, 0.1) is 0 Å². The van der Waals surface area contributed by atoms with E-state index in [9.17, 15) is 0 Å². The fraction of sp³-hybridized carbons (Fsp3) is 0.273. The Kier molecular flexibility index (Phi) is 2.97. The quantitative estimate of drug-likeness (QED) is 0.767. The zero-order chi connectivity index (χ0) is 10.5. The first-order chi connectivity index (χ1) is 7.40. The van der Waals surface area contributed by atoms with Crippen LogP contribution in [0.2, 0.25) is 0 Å². The third kappa shape index (κ3) is 2.34. The lowest BCUT2D eigenvalue weighted by Crippen LogP contribution is -1.94. The molecule has 0 amide bonds. The van der Waals surface area contributed by atoms with Gasteiger partial charge in [0, 0.05) is 5.56 Å². The fourth-order valence-corrected chi connectivity index (χ4v) is 1.21. The van der Waals surface area contributed by atoms with E-state index in [4.69, 9.17) is 9.15 Å². The molecule has 0 unspecified atom stereocenters. The molecule has 0 saturated carbocycles. The lowest BCUT2D eigenvalue weighted by atomic mass is 10.2. The van der Waals surface area contributed by atoms with E-state index in [0.717, 1.165) is 24.3 Å². The molecule has 2 aromatic rings. The van der Waals surface area contributed by atoms with E-state index in [2.05, 4.69) is 17.1 Å². The van der Waals surface area contributed by atoms with Crippen molar-refractivity contribution >= 4 is 0 Å². The molecule has 0 saturated heterocycles. The number of benzene rings is 1. The highest BCUT2D eigenvalue weighted by Crippen LogP contribution is 2.20. The van der Waals surface area contributed by atoms with Crippen LogP contribution in [-0.2, 0) is 0 Å². The van der Waals surface area contributed by atoms with Crippen molar-refractivity contribution in [1.29, 1.82) is 0 Å². The van der Waals surface area contributed by atoms with Crippen LogP contribution in [0.25, 0.3) is 11.5 Å². The van der Waals surface area contributed by atoms with Gasteiger partial charge in [0.05, 0.1) is 6.61 Å². The van der Waals surface area contributed by atoms with Gasteiger partial charge in [-0.05, 0) is 30.7 Å². The summed E-state index contributed by atoms with van der Waals surface area (Å²) in [7, 11) is 0. The molecule has 78 valence electrons. The predicted octanol–water partition coefficient (Wildman–Crippen LogP) is 2.53. The minimum atomic E-state index is 0.525. The van der Waals surface area contributed by atoms with Crippen molar-refractivity contribution in [3.8, 4) is 17.2 Å². The molecule has 0 N–H and O–H groups in total. The summed E-state index contributed by atoms with van der Waals surface area (Å²) in [4.78, 5) is 0. The second-order valence-electron chi connectivity index (χ2n) is 3.12. The summed E-state index contributed by atoms with van der Waals surface area (Å²) in [5.74, 6) is 1.39. The monoisotopic (exact) mass is 204 g/mol. The molecular weight excluding hydrogens is 192 g/mol. The normalized spacial score (nSPS) is 10.2. The summed E-state index contributed by atoms with van der Waals surface area (Å²) in [5, 5.41) is 7.44. The minimum Gasteiger partial charge on any atom is -0.494 e. The lowest BCUT2D eigenvalue weighted by molar-refractivity contribution is 0.317.